The van der Waals surface area contributed by atoms with Gasteiger partial charge in [-0.25, -0.2) is 0 Å². The minimum Gasteiger partial charge on any atom is -0.494 e. The average molecular weight is 311 g/mol. The van der Waals surface area contributed by atoms with Gasteiger partial charge in [-0.1, -0.05) is 60.4 Å². The molecule has 3 rings (SSSR count). The summed E-state index contributed by atoms with van der Waals surface area (Å²) in [6, 6.07) is 25.6. The fraction of sp³-hybridized carbons (Fsp3) is 0.0455. The molecular weight excluding hydrogens is 294 g/mol. The molecule has 3 aromatic carbocycles. The molecule has 0 atom stereocenters. The van der Waals surface area contributed by atoms with Crippen LogP contribution in [0.5, 0.6) is 5.75 Å². The fourth-order valence-electron chi connectivity index (χ4n) is 2.26. The molecular formula is C22H17NO. The number of hydrogen-bond acceptors (Lipinski definition) is 2. The van der Waals surface area contributed by atoms with E-state index in [1.165, 1.54) is 0 Å². The van der Waals surface area contributed by atoms with Crippen LogP contribution in [0.2, 0.25) is 0 Å². The zero-order valence-electron chi connectivity index (χ0n) is 13.4. The first-order valence-electron chi connectivity index (χ1n) is 7.70. The van der Waals surface area contributed by atoms with Crippen molar-refractivity contribution in [1.29, 1.82) is 0 Å². The molecule has 0 saturated carbocycles. The Bertz CT molecular complexity index is 902. The molecule has 0 bridgehead atoms. The van der Waals surface area contributed by atoms with Gasteiger partial charge in [0.2, 0.25) is 0 Å². The smallest absolute Gasteiger partial charge is 0.144 e. The number of hydrogen-bond donors (Lipinski definition) is 0. The quantitative estimate of drug-likeness (QED) is 0.501. The molecule has 0 fully saturated rings. The minimum atomic E-state index is 0.751. The van der Waals surface area contributed by atoms with Gasteiger partial charge in [0.15, 0.2) is 0 Å². The first-order chi connectivity index (χ1) is 11.9. The molecule has 116 valence electrons. The lowest BCUT2D eigenvalue weighted by atomic mass is 10.1. The van der Waals surface area contributed by atoms with Crippen LogP contribution in [0.1, 0.15) is 16.7 Å². The summed E-state index contributed by atoms with van der Waals surface area (Å²) in [6.45, 7) is 0. The second kappa shape index (κ2) is 7.80. The van der Waals surface area contributed by atoms with Crippen molar-refractivity contribution < 1.29 is 4.74 Å². The Morgan fingerprint density at radius 1 is 0.792 bits per heavy atom. The van der Waals surface area contributed by atoms with E-state index in [9.17, 15) is 0 Å². The number of benzene rings is 3. The van der Waals surface area contributed by atoms with Crippen molar-refractivity contribution in [2.24, 2.45) is 4.99 Å². The molecule has 3 aromatic rings. The molecule has 0 saturated heterocycles. The summed E-state index contributed by atoms with van der Waals surface area (Å²) < 4.78 is 5.33. The van der Waals surface area contributed by atoms with Gasteiger partial charge >= 0.3 is 0 Å². The van der Waals surface area contributed by atoms with Gasteiger partial charge in [-0.3, -0.25) is 4.99 Å². The van der Waals surface area contributed by atoms with Crippen LogP contribution in [-0.2, 0) is 0 Å². The highest BCUT2D eigenvalue weighted by Gasteiger charge is 2.00. The lowest BCUT2D eigenvalue weighted by Crippen LogP contribution is -1.88. The van der Waals surface area contributed by atoms with E-state index in [-0.39, 0.29) is 0 Å². The third kappa shape index (κ3) is 3.91. The van der Waals surface area contributed by atoms with Crippen LogP contribution in [-0.4, -0.2) is 13.3 Å². The summed E-state index contributed by atoms with van der Waals surface area (Å²) >= 11 is 0. The molecule has 0 heterocycles. The minimum absolute atomic E-state index is 0.751. The monoisotopic (exact) mass is 311 g/mol. The highest BCUT2D eigenvalue weighted by Crippen LogP contribution is 2.26. The van der Waals surface area contributed by atoms with Crippen LogP contribution in [0, 0.1) is 11.8 Å². The summed E-state index contributed by atoms with van der Waals surface area (Å²) in [7, 11) is 1.65. The Kier molecular flexibility index (Phi) is 5.07. The van der Waals surface area contributed by atoms with E-state index in [2.05, 4.69) is 16.8 Å². The Morgan fingerprint density at radius 2 is 1.50 bits per heavy atom. The molecule has 0 amide bonds. The van der Waals surface area contributed by atoms with Crippen molar-refractivity contribution in [3.05, 3.63) is 95.6 Å². The Labute approximate surface area is 142 Å². The molecule has 0 aliphatic rings. The van der Waals surface area contributed by atoms with Gasteiger partial charge in [-0.15, -0.1) is 0 Å². The van der Waals surface area contributed by atoms with E-state index in [1.54, 1.807) is 7.11 Å². The van der Waals surface area contributed by atoms with Crippen molar-refractivity contribution in [2.75, 3.05) is 7.11 Å². The molecule has 24 heavy (non-hydrogen) atoms. The highest BCUT2D eigenvalue weighted by atomic mass is 16.5. The van der Waals surface area contributed by atoms with Crippen LogP contribution in [0.3, 0.4) is 0 Å². The standard InChI is InChI=1S/C22H17NO/c1-24-22-14-8-7-13-21(22)23-17-20-12-6-5-11-19(20)16-15-18-9-3-2-4-10-18/h2-14,17H,1H3. The SMILES string of the molecule is COc1ccccc1N=Cc1ccccc1C#Cc1ccccc1. The number of ether oxygens (including phenoxy) is 1. The van der Waals surface area contributed by atoms with Crippen molar-refractivity contribution >= 4 is 11.9 Å². The Balaban J connectivity index is 1.90. The summed E-state index contributed by atoms with van der Waals surface area (Å²) in [5.74, 6) is 7.16. The summed E-state index contributed by atoms with van der Waals surface area (Å²) in [5.41, 5.74) is 3.71. The number of nitrogens with zero attached hydrogens (tertiary/aromatic N) is 1. The van der Waals surface area contributed by atoms with E-state index in [4.69, 9.17) is 4.74 Å². The molecule has 0 aromatic heterocycles. The largest absolute Gasteiger partial charge is 0.494 e. The van der Waals surface area contributed by atoms with E-state index in [1.807, 2.05) is 85.1 Å². The maximum absolute atomic E-state index is 5.33. The third-order valence-corrected chi connectivity index (χ3v) is 3.50. The van der Waals surface area contributed by atoms with E-state index >= 15 is 0 Å². The maximum atomic E-state index is 5.33. The Hall–Kier alpha value is -3.31. The van der Waals surface area contributed by atoms with Gasteiger partial charge in [0.25, 0.3) is 0 Å². The van der Waals surface area contributed by atoms with Crippen molar-refractivity contribution in [3.63, 3.8) is 0 Å². The van der Waals surface area contributed by atoms with Crippen molar-refractivity contribution in [3.8, 4) is 17.6 Å². The Morgan fingerprint density at radius 3 is 2.33 bits per heavy atom. The first kappa shape index (κ1) is 15.6. The predicted molar refractivity (Wildman–Crippen MR) is 99.1 cm³/mol. The van der Waals surface area contributed by atoms with Crippen molar-refractivity contribution in [1.82, 2.24) is 0 Å². The summed E-state index contributed by atoms with van der Waals surface area (Å²) in [5, 5.41) is 0. The third-order valence-electron chi connectivity index (χ3n) is 3.50. The van der Waals surface area contributed by atoms with Crippen LogP contribution < -0.4 is 4.74 Å². The molecule has 0 N–H and O–H groups in total. The van der Waals surface area contributed by atoms with E-state index < -0.39 is 0 Å². The fourth-order valence-corrected chi connectivity index (χ4v) is 2.26. The maximum Gasteiger partial charge on any atom is 0.144 e. The predicted octanol–water partition coefficient (Wildman–Crippen LogP) is 4.85. The molecule has 0 unspecified atom stereocenters. The molecule has 2 nitrogen and oxygen atoms in total. The number of rotatable bonds is 3. The van der Waals surface area contributed by atoms with E-state index in [0.29, 0.717) is 0 Å². The van der Waals surface area contributed by atoms with Gasteiger partial charge in [0.1, 0.15) is 11.4 Å². The van der Waals surface area contributed by atoms with Gasteiger partial charge in [-0.05, 0) is 30.3 Å². The highest BCUT2D eigenvalue weighted by molar-refractivity contribution is 5.86. The lowest BCUT2D eigenvalue weighted by molar-refractivity contribution is 0.416. The summed E-state index contributed by atoms with van der Waals surface area (Å²) in [6.07, 6.45) is 1.83. The topological polar surface area (TPSA) is 21.6 Å². The van der Waals surface area contributed by atoms with Crippen molar-refractivity contribution in [2.45, 2.75) is 0 Å². The van der Waals surface area contributed by atoms with Gasteiger partial charge < -0.3 is 4.74 Å². The zero-order valence-corrected chi connectivity index (χ0v) is 13.4. The molecule has 0 aliphatic heterocycles. The van der Waals surface area contributed by atoms with E-state index in [0.717, 1.165) is 28.1 Å². The second-order valence-electron chi connectivity index (χ2n) is 5.13. The van der Waals surface area contributed by atoms with Crippen LogP contribution in [0.15, 0.2) is 83.9 Å². The zero-order chi connectivity index (χ0) is 16.6. The average Bonchev–Trinajstić information content (AvgIpc) is 2.66. The normalized spacial score (nSPS) is 10.2. The number of methoxy groups -OCH3 is 1. The van der Waals surface area contributed by atoms with Gasteiger partial charge in [-0.2, -0.15) is 0 Å². The van der Waals surface area contributed by atoms with Gasteiger partial charge in [0, 0.05) is 22.9 Å². The van der Waals surface area contributed by atoms with Crippen LogP contribution in [0.4, 0.5) is 5.69 Å². The second-order valence-corrected chi connectivity index (χ2v) is 5.13. The molecule has 0 spiro atoms. The number of aliphatic imine (C=N–C) groups is 1. The van der Waals surface area contributed by atoms with Gasteiger partial charge in [0.05, 0.1) is 7.11 Å². The molecule has 0 aliphatic carbocycles. The first-order valence-corrected chi connectivity index (χ1v) is 7.70. The molecule has 0 radical (unpaired) electrons. The van der Waals surface area contributed by atoms with Crippen LogP contribution in [0.25, 0.3) is 0 Å². The number of para-hydroxylation sites is 2. The summed E-state index contributed by atoms with van der Waals surface area (Å²) in [4.78, 5) is 4.55. The lowest BCUT2D eigenvalue weighted by Gasteiger charge is -2.03. The van der Waals surface area contributed by atoms with Crippen LogP contribution >= 0.6 is 0 Å². The molecule has 2 heteroatoms.